The number of rotatable bonds is 10. The third-order valence-electron chi connectivity index (χ3n) is 5.92. The molecule has 0 spiro atoms. The Morgan fingerprint density at radius 1 is 1.09 bits per heavy atom. The van der Waals surface area contributed by atoms with Crippen molar-refractivity contribution in [3.8, 4) is 11.5 Å². The van der Waals surface area contributed by atoms with Crippen LogP contribution in [0.2, 0.25) is 0 Å². The lowest BCUT2D eigenvalue weighted by atomic mass is 9.95. The third-order valence-corrected chi connectivity index (χ3v) is 5.92. The maximum atomic E-state index is 13.2. The van der Waals surface area contributed by atoms with Gasteiger partial charge in [0.2, 0.25) is 0 Å². The SMILES string of the molecule is CCCOc1ccc(C(O)=C2C(=O)C(=O)N(CCCn3ccnc3)C2c2cccc(OC)c2)cc1. The van der Waals surface area contributed by atoms with Crippen LogP contribution in [0.5, 0.6) is 11.5 Å². The fourth-order valence-electron chi connectivity index (χ4n) is 4.20. The van der Waals surface area contributed by atoms with Crippen LogP contribution in [-0.2, 0) is 16.1 Å². The topological polar surface area (TPSA) is 93.9 Å². The van der Waals surface area contributed by atoms with Crippen LogP contribution in [0.15, 0.2) is 72.8 Å². The lowest BCUT2D eigenvalue weighted by Crippen LogP contribution is -2.31. The minimum Gasteiger partial charge on any atom is -0.507 e. The first-order valence-corrected chi connectivity index (χ1v) is 11.6. The van der Waals surface area contributed by atoms with Gasteiger partial charge >= 0.3 is 0 Å². The number of aliphatic hydroxyl groups excluding tert-OH is 1. The van der Waals surface area contributed by atoms with E-state index in [0.29, 0.717) is 48.7 Å². The first-order chi connectivity index (χ1) is 17.0. The van der Waals surface area contributed by atoms with Crippen molar-refractivity contribution in [2.75, 3.05) is 20.3 Å². The van der Waals surface area contributed by atoms with E-state index >= 15 is 0 Å². The van der Waals surface area contributed by atoms with Crippen LogP contribution >= 0.6 is 0 Å². The Balaban J connectivity index is 1.70. The van der Waals surface area contributed by atoms with Crippen molar-refractivity contribution in [1.82, 2.24) is 14.5 Å². The number of aliphatic hydroxyl groups is 1. The van der Waals surface area contributed by atoms with Crippen molar-refractivity contribution in [2.45, 2.75) is 32.4 Å². The number of nitrogens with zero attached hydrogens (tertiary/aromatic N) is 3. The molecule has 2 heterocycles. The number of methoxy groups -OCH3 is 1. The van der Waals surface area contributed by atoms with Gasteiger partial charge in [0.25, 0.3) is 11.7 Å². The molecule has 1 unspecified atom stereocenters. The van der Waals surface area contributed by atoms with Gasteiger partial charge in [-0.2, -0.15) is 0 Å². The zero-order valence-electron chi connectivity index (χ0n) is 19.9. The summed E-state index contributed by atoms with van der Waals surface area (Å²) in [6.07, 6.45) is 6.75. The Morgan fingerprint density at radius 2 is 1.89 bits per heavy atom. The second-order valence-corrected chi connectivity index (χ2v) is 8.30. The number of ketones is 1. The lowest BCUT2D eigenvalue weighted by molar-refractivity contribution is -0.139. The molecule has 1 N–H and O–H groups in total. The van der Waals surface area contributed by atoms with E-state index in [9.17, 15) is 14.7 Å². The standard InChI is InChI=1S/C27H29N3O5/c1-3-16-35-21-10-8-19(9-11-21)25(31)23-24(20-6-4-7-22(17-20)34-2)30(27(33)26(23)32)14-5-13-29-15-12-28-18-29/h4,6-12,15,17-18,24,31H,3,5,13-14,16H2,1-2H3. The molecule has 3 aromatic rings. The van der Waals surface area contributed by atoms with E-state index in [4.69, 9.17) is 9.47 Å². The Bertz CT molecular complexity index is 1200. The van der Waals surface area contributed by atoms with Gasteiger partial charge in [-0.05, 0) is 54.8 Å². The molecule has 1 aliphatic rings. The molecule has 2 aromatic carbocycles. The summed E-state index contributed by atoms with van der Waals surface area (Å²) >= 11 is 0. The molecule has 0 bridgehead atoms. The molecule has 1 amide bonds. The van der Waals surface area contributed by atoms with Crippen LogP contribution in [0.25, 0.3) is 5.76 Å². The predicted octanol–water partition coefficient (Wildman–Crippen LogP) is 4.19. The lowest BCUT2D eigenvalue weighted by Gasteiger charge is -2.25. The van der Waals surface area contributed by atoms with Gasteiger partial charge in [0.15, 0.2) is 0 Å². The van der Waals surface area contributed by atoms with Crippen molar-refractivity contribution < 1.29 is 24.2 Å². The van der Waals surface area contributed by atoms with Gasteiger partial charge in [-0.3, -0.25) is 9.59 Å². The molecule has 1 aromatic heterocycles. The molecule has 1 saturated heterocycles. The molecule has 182 valence electrons. The number of aryl methyl sites for hydroxylation is 1. The molecular weight excluding hydrogens is 446 g/mol. The average Bonchev–Trinajstić information content (AvgIpc) is 3.49. The average molecular weight is 476 g/mol. The van der Waals surface area contributed by atoms with Gasteiger partial charge in [0, 0.05) is 31.0 Å². The highest BCUT2D eigenvalue weighted by molar-refractivity contribution is 6.46. The van der Waals surface area contributed by atoms with Crippen LogP contribution in [-0.4, -0.2) is 51.5 Å². The largest absolute Gasteiger partial charge is 0.507 e. The minimum atomic E-state index is -0.732. The van der Waals surface area contributed by atoms with Crippen molar-refractivity contribution >= 4 is 17.4 Å². The van der Waals surface area contributed by atoms with Crippen LogP contribution in [0.4, 0.5) is 0 Å². The number of ether oxygens (including phenoxy) is 2. The van der Waals surface area contributed by atoms with Gasteiger partial charge in [-0.1, -0.05) is 19.1 Å². The number of imidazole rings is 1. The molecule has 4 rings (SSSR count). The summed E-state index contributed by atoms with van der Waals surface area (Å²) in [6.45, 7) is 3.59. The molecule has 8 nitrogen and oxygen atoms in total. The zero-order chi connectivity index (χ0) is 24.8. The summed E-state index contributed by atoms with van der Waals surface area (Å²) in [4.78, 5) is 31.9. The van der Waals surface area contributed by atoms with E-state index in [1.165, 1.54) is 4.90 Å². The van der Waals surface area contributed by atoms with Crippen LogP contribution < -0.4 is 9.47 Å². The van der Waals surface area contributed by atoms with Crippen molar-refractivity contribution in [1.29, 1.82) is 0 Å². The zero-order valence-corrected chi connectivity index (χ0v) is 19.9. The molecule has 0 radical (unpaired) electrons. The number of aromatic nitrogens is 2. The van der Waals surface area contributed by atoms with Gasteiger partial charge < -0.3 is 24.0 Å². The summed E-state index contributed by atoms with van der Waals surface area (Å²) in [7, 11) is 1.56. The highest BCUT2D eigenvalue weighted by Crippen LogP contribution is 2.40. The molecule has 1 aliphatic heterocycles. The Morgan fingerprint density at radius 3 is 2.57 bits per heavy atom. The molecule has 0 saturated carbocycles. The van der Waals surface area contributed by atoms with Crippen LogP contribution in [0.3, 0.4) is 0 Å². The van der Waals surface area contributed by atoms with Crippen LogP contribution in [0.1, 0.15) is 36.9 Å². The first-order valence-electron chi connectivity index (χ1n) is 11.6. The van der Waals surface area contributed by atoms with E-state index in [2.05, 4.69) is 4.98 Å². The maximum absolute atomic E-state index is 13.2. The monoisotopic (exact) mass is 475 g/mol. The molecule has 1 fully saturated rings. The molecule has 8 heteroatoms. The van der Waals surface area contributed by atoms with E-state index in [1.54, 1.807) is 62.1 Å². The number of amides is 1. The van der Waals surface area contributed by atoms with Crippen molar-refractivity contribution in [3.63, 3.8) is 0 Å². The number of Topliss-reactive ketones (excluding diaryl/α,β-unsaturated/α-hetero) is 1. The summed E-state index contributed by atoms with van der Waals surface area (Å²) in [5.41, 5.74) is 1.20. The number of carbonyl (C=O) groups is 2. The highest BCUT2D eigenvalue weighted by Gasteiger charge is 2.45. The summed E-state index contributed by atoms with van der Waals surface area (Å²) < 4.78 is 12.9. The summed E-state index contributed by atoms with van der Waals surface area (Å²) in [6, 6.07) is 13.3. The first kappa shape index (κ1) is 24.1. The number of hydrogen-bond acceptors (Lipinski definition) is 6. The Labute approximate surface area is 204 Å². The third kappa shape index (κ3) is 5.21. The van der Waals surface area contributed by atoms with E-state index in [-0.39, 0.29) is 11.3 Å². The fourth-order valence-corrected chi connectivity index (χ4v) is 4.20. The summed E-state index contributed by atoms with van der Waals surface area (Å²) in [5.74, 6) is -0.274. The Hall–Kier alpha value is -4.07. The molecule has 35 heavy (non-hydrogen) atoms. The second-order valence-electron chi connectivity index (χ2n) is 8.30. The highest BCUT2D eigenvalue weighted by atomic mass is 16.5. The van der Waals surface area contributed by atoms with E-state index < -0.39 is 17.7 Å². The van der Waals surface area contributed by atoms with Crippen molar-refractivity contribution in [2.24, 2.45) is 0 Å². The van der Waals surface area contributed by atoms with E-state index in [0.717, 1.165) is 6.42 Å². The van der Waals surface area contributed by atoms with E-state index in [1.807, 2.05) is 23.8 Å². The van der Waals surface area contributed by atoms with Gasteiger partial charge in [0.1, 0.15) is 17.3 Å². The quantitative estimate of drug-likeness (QED) is 0.268. The smallest absolute Gasteiger partial charge is 0.295 e. The Kier molecular flexibility index (Phi) is 7.50. The van der Waals surface area contributed by atoms with Gasteiger partial charge in [0.05, 0.1) is 31.7 Å². The molecular formula is C27H29N3O5. The number of carbonyl (C=O) groups excluding carboxylic acids is 2. The maximum Gasteiger partial charge on any atom is 0.295 e. The number of benzene rings is 2. The van der Waals surface area contributed by atoms with Gasteiger partial charge in [-0.25, -0.2) is 4.98 Å². The van der Waals surface area contributed by atoms with Crippen molar-refractivity contribution in [3.05, 3.63) is 84.0 Å². The van der Waals surface area contributed by atoms with Crippen LogP contribution in [0, 0.1) is 0 Å². The number of likely N-dealkylation sites (tertiary alicyclic amines) is 1. The predicted molar refractivity (Wildman–Crippen MR) is 131 cm³/mol. The van der Waals surface area contributed by atoms with Gasteiger partial charge in [-0.15, -0.1) is 0 Å². The molecule has 1 atom stereocenters. The molecule has 0 aliphatic carbocycles. The minimum absolute atomic E-state index is 0.0631. The fraction of sp³-hybridized carbons (Fsp3) is 0.296. The number of hydrogen-bond donors (Lipinski definition) is 1. The normalized spacial score (nSPS) is 17.1. The second kappa shape index (κ2) is 10.9. The summed E-state index contributed by atoms with van der Waals surface area (Å²) in [5, 5.41) is 11.2.